The van der Waals surface area contributed by atoms with E-state index in [-0.39, 0.29) is 0 Å². The molecule has 5 heterocycles. The smallest absolute Gasteiger partial charge is 0.274 e. The summed E-state index contributed by atoms with van der Waals surface area (Å²) in [6, 6.07) is 63.3. The fourth-order valence-electron chi connectivity index (χ4n) is 12.3. The van der Waals surface area contributed by atoms with Gasteiger partial charge in [0.15, 0.2) is 0 Å². The molecule has 19 heteroatoms. The highest BCUT2D eigenvalue weighted by Crippen LogP contribution is 2.27. The van der Waals surface area contributed by atoms with Gasteiger partial charge in [-0.1, -0.05) is 109 Å². The normalized spacial score (nSPS) is 14.2. The lowest BCUT2D eigenvalue weighted by atomic mass is 9.96. The van der Waals surface area contributed by atoms with E-state index < -0.39 is 23.6 Å². The summed E-state index contributed by atoms with van der Waals surface area (Å²) in [6.07, 6.45) is 5.90. The number of hydrogen-bond donors (Lipinski definition) is 8. The molecule has 9 aromatic rings. The molecule has 0 spiro atoms. The number of pyridine rings is 1. The first-order valence-electron chi connectivity index (χ1n) is 31.8. The molecule has 4 aliphatic rings. The highest BCUT2D eigenvalue weighted by atomic mass is 16.5. The van der Waals surface area contributed by atoms with E-state index in [4.69, 9.17) is 35.3 Å². The first-order chi connectivity index (χ1) is 45.9. The number of carbonyl (C=O) groups is 4. The van der Waals surface area contributed by atoms with E-state index in [2.05, 4.69) is 80.3 Å². The molecule has 94 heavy (non-hydrogen) atoms. The standard InChI is InChI=1S/C20H19N3O2.C19H22N2O2.2C18H20N2O3/c24-20(22-25)16-5-6-17-12-23(10-9-15(17)11-16)13-18-8-7-14-3-1-2-4-19(14)21-18;22-19(20-23)17-8-9-18-14-21(12-10-16(18)13-17)11-4-7-15-5-2-1-3-6-15;1-23-17-6-2-13(3-7-17)11-20-9-8-14-10-15(18(21)19-22)4-5-16(14)12-20;21-18(19-22)15-6-7-16-13-20(9-8-14(16)12-15)10-11-23-17-4-2-1-3-5-17/h1-8,11,25H,9-10,12-13H2,(H,22,24);1-3,5-6,8-9,13,23H,4,7,10-12,14H2,(H,20,22);2-7,10,22H,8-9,11-12H2,1H3,(H,19,21);1-7,12,22H,8-11,13H2,(H,19,21). The number of rotatable bonds is 17. The first kappa shape index (κ1) is 67.2. The zero-order valence-electron chi connectivity index (χ0n) is 52.9. The second-order valence-corrected chi connectivity index (χ2v) is 23.8. The van der Waals surface area contributed by atoms with Crippen LogP contribution in [0.1, 0.15) is 109 Å². The predicted octanol–water partition coefficient (Wildman–Crippen LogP) is 10.3. The molecule has 4 aliphatic heterocycles. The van der Waals surface area contributed by atoms with Crippen molar-refractivity contribution in [3.63, 3.8) is 0 Å². The highest BCUT2D eigenvalue weighted by molar-refractivity contribution is 5.95. The number of amides is 4. The van der Waals surface area contributed by atoms with Gasteiger partial charge in [-0.2, -0.15) is 0 Å². The summed E-state index contributed by atoms with van der Waals surface area (Å²) in [5.74, 6) is -0.0827. The third-order valence-electron chi connectivity index (χ3n) is 17.5. The van der Waals surface area contributed by atoms with Crippen molar-refractivity contribution in [2.24, 2.45) is 0 Å². The molecule has 13 rings (SSSR count). The number of aromatic nitrogens is 1. The van der Waals surface area contributed by atoms with E-state index in [0.29, 0.717) is 28.9 Å². The van der Waals surface area contributed by atoms with Crippen LogP contribution in [0.5, 0.6) is 11.5 Å². The van der Waals surface area contributed by atoms with Gasteiger partial charge in [-0.05, 0) is 186 Å². The summed E-state index contributed by atoms with van der Waals surface area (Å²) in [4.78, 5) is 60.2. The molecule has 0 saturated heterocycles. The van der Waals surface area contributed by atoms with E-state index in [1.54, 1.807) is 53.3 Å². The number of nitrogens with zero attached hydrogens (tertiary/aromatic N) is 5. The maximum Gasteiger partial charge on any atom is 0.274 e. The molecule has 0 atom stereocenters. The highest BCUT2D eigenvalue weighted by Gasteiger charge is 2.23. The number of nitrogens with one attached hydrogen (secondary N) is 4. The fourth-order valence-corrected chi connectivity index (χ4v) is 12.3. The number of para-hydroxylation sites is 2. The topological polar surface area (TPSA) is 242 Å². The van der Waals surface area contributed by atoms with Gasteiger partial charge in [0, 0.05) is 99.6 Å². The maximum absolute atomic E-state index is 11.5. The Kier molecular flexibility index (Phi) is 24.2. The lowest BCUT2D eigenvalue weighted by molar-refractivity contribution is 0.0702. The number of fused-ring (bicyclic) bond motifs is 5. The summed E-state index contributed by atoms with van der Waals surface area (Å²) in [5, 5.41) is 36.1. The van der Waals surface area contributed by atoms with E-state index in [1.165, 1.54) is 55.6 Å². The number of ether oxygens (including phenoxy) is 2. The second kappa shape index (κ2) is 33.8. The van der Waals surface area contributed by atoms with Crippen LogP contribution in [-0.4, -0.2) is 122 Å². The lowest BCUT2D eigenvalue weighted by Crippen LogP contribution is -2.34. The van der Waals surface area contributed by atoms with Gasteiger partial charge in [0.2, 0.25) is 0 Å². The third kappa shape index (κ3) is 18.8. The summed E-state index contributed by atoms with van der Waals surface area (Å²) in [5.41, 5.74) is 23.2. The second-order valence-electron chi connectivity index (χ2n) is 23.8. The lowest BCUT2D eigenvalue weighted by Gasteiger charge is -2.29. The van der Waals surface area contributed by atoms with Crippen molar-refractivity contribution < 1.29 is 49.5 Å². The van der Waals surface area contributed by atoms with Crippen molar-refractivity contribution in [3.8, 4) is 11.5 Å². The Morgan fingerprint density at radius 1 is 0.415 bits per heavy atom. The number of carbonyl (C=O) groups excluding carboxylic acids is 4. The average molecular weight is 1270 g/mol. The number of hydroxylamine groups is 4. The molecule has 4 amide bonds. The van der Waals surface area contributed by atoms with E-state index in [0.717, 1.165) is 145 Å². The van der Waals surface area contributed by atoms with Crippen LogP contribution in [0.4, 0.5) is 0 Å². The molecule has 0 aliphatic carbocycles. The Balaban J connectivity index is 0.000000137. The van der Waals surface area contributed by atoms with E-state index >= 15 is 0 Å². The van der Waals surface area contributed by atoms with Crippen LogP contribution in [-0.2, 0) is 71.4 Å². The molecule has 8 N–H and O–H groups in total. The number of benzene rings is 8. The number of hydrogen-bond acceptors (Lipinski definition) is 15. The molecule has 0 fully saturated rings. The molecule has 486 valence electrons. The third-order valence-corrected chi connectivity index (χ3v) is 17.5. The summed E-state index contributed by atoms with van der Waals surface area (Å²) in [7, 11) is 1.67. The monoisotopic (exact) mass is 1270 g/mol. The minimum atomic E-state index is -0.467. The SMILES string of the molecule is COc1ccc(CN2CCc3cc(C(=O)NO)ccc3C2)cc1.O=C(NO)c1ccc2c(c1)CCN(CCCc1ccccc1)C2.O=C(NO)c1ccc2c(c1)CCN(CCOc1ccccc1)C2.O=C(NO)c1ccc2c(c1)CCN(Cc1ccc3ccccc3n1)C2. The Morgan fingerprint density at radius 3 is 1.32 bits per heavy atom. The molecule has 0 saturated carbocycles. The Bertz CT molecular complexity index is 3890. The van der Waals surface area contributed by atoms with Crippen molar-refractivity contribution in [2.45, 2.75) is 77.8 Å². The fraction of sp³-hybridized carbons (Fsp3) is 0.267. The maximum atomic E-state index is 11.5. The van der Waals surface area contributed by atoms with Crippen LogP contribution < -0.4 is 31.4 Å². The average Bonchev–Trinajstić information content (AvgIpc) is 0.967. The molecule has 0 unspecified atom stereocenters. The zero-order valence-corrected chi connectivity index (χ0v) is 52.9. The zero-order chi connectivity index (χ0) is 65.6. The molecule has 0 bridgehead atoms. The Hall–Kier alpha value is -9.67. The van der Waals surface area contributed by atoms with Crippen molar-refractivity contribution in [2.75, 3.05) is 53.0 Å². The van der Waals surface area contributed by atoms with Crippen molar-refractivity contribution in [1.29, 1.82) is 0 Å². The Labute approximate surface area is 548 Å². The van der Waals surface area contributed by atoms with Gasteiger partial charge in [-0.3, -0.25) is 64.6 Å². The quantitative estimate of drug-likeness (QED) is 0.0312. The van der Waals surface area contributed by atoms with Gasteiger partial charge in [-0.25, -0.2) is 21.9 Å². The molecule has 0 radical (unpaired) electrons. The summed E-state index contributed by atoms with van der Waals surface area (Å²) in [6.45, 7) is 11.6. The predicted molar refractivity (Wildman–Crippen MR) is 358 cm³/mol. The largest absolute Gasteiger partial charge is 0.497 e. The summed E-state index contributed by atoms with van der Waals surface area (Å²) >= 11 is 0. The van der Waals surface area contributed by atoms with E-state index in [1.807, 2.05) is 109 Å². The van der Waals surface area contributed by atoms with Crippen LogP contribution in [0.15, 0.2) is 194 Å². The van der Waals surface area contributed by atoms with Crippen LogP contribution in [0, 0.1) is 0 Å². The number of aryl methyl sites for hydroxylation is 1. The van der Waals surface area contributed by atoms with Gasteiger partial charge in [0.1, 0.15) is 18.1 Å². The Morgan fingerprint density at radius 2 is 0.840 bits per heavy atom. The first-order valence-corrected chi connectivity index (χ1v) is 31.8. The van der Waals surface area contributed by atoms with Gasteiger partial charge in [0.25, 0.3) is 23.6 Å². The summed E-state index contributed by atoms with van der Waals surface area (Å²) < 4.78 is 10.9. The van der Waals surface area contributed by atoms with Gasteiger partial charge < -0.3 is 9.47 Å². The molecular formula is C75H81N9O10. The minimum Gasteiger partial charge on any atom is -0.497 e. The van der Waals surface area contributed by atoms with Crippen molar-refractivity contribution in [3.05, 3.63) is 278 Å². The van der Waals surface area contributed by atoms with E-state index in [9.17, 15) is 19.2 Å². The molecule has 1 aromatic heterocycles. The molecule has 19 nitrogen and oxygen atoms in total. The van der Waals surface area contributed by atoms with Gasteiger partial charge in [0.05, 0.1) is 18.3 Å². The molecular weight excluding hydrogens is 1190 g/mol. The van der Waals surface area contributed by atoms with Crippen LogP contribution in [0.3, 0.4) is 0 Å². The van der Waals surface area contributed by atoms with Crippen LogP contribution in [0.25, 0.3) is 10.9 Å². The van der Waals surface area contributed by atoms with Crippen molar-refractivity contribution >= 4 is 34.5 Å². The van der Waals surface area contributed by atoms with Crippen LogP contribution in [0.2, 0.25) is 0 Å². The minimum absolute atomic E-state index is 0.446. The van der Waals surface area contributed by atoms with Gasteiger partial charge >= 0.3 is 0 Å². The molecule has 8 aromatic carbocycles. The van der Waals surface area contributed by atoms with Crippen molar-refractivity contribution in [1.82, 2.24) is 46.5 Å². The number of methoxy groups -OCH3 is 1. The van der Waals surface area contributed by atoms with Gasteiger partial charge in [-0.15, -0.1) is 0 Å². The van der Waals surface area contributed by atoms with Crippen LogP contribution >= 0.6 is 0 Å².